The van der Waals surface area contributed by atoms with Crippen LogP contribution in [0.25, 0.3) is 0 Å². The molecule has 7 heteroatoms. The van der Waals surface area contributed by atoms with Gasteiger partial charge >= 0.3 is 6.09 Å². The second-order valence-electron chi connectivity index (χ2n) is 4.13. The Bertz CT molecular complexity index is 250. The fourth-order valence-electron chi connectivity index (χ4n) is 0.913. The van der Waals surface area contributed by atoms with Gasteiger partial charge in [0, 0.05) is 13.1 Å². The molecule has 0 atom stereocenters. The Balaban J connectivity index is 4.52. The smallest absolute Gasteiger partial charge is 0.417 e. The van der Waals surface area contributed by atoms with Gasteiger partial charge in [0.15, 0.2) is 0 Å². The van der Waals surface area contributed by atoms with Crippen molar-refractivity contribution < 1.29 is 19.2 Å². The Morgan fingerprint density at radius 2 is 1.88 bits per heavy atom. The highest BCUT2D eigenvalue weighted by atomic mass is 16.6. The van der Waals surface area contributed by atoms with Crippen molar-refractivity contribution in [2.45, 2.75) is 26.4 Å². The molecular formula is C9H19N3O4. The van der Waals surface area contributed by atoms with Crippen molar-refractivity contribution in [1.29, 1.82) is 0 Å². The predicted octanol–water partition coefficient (Wildman–Crippen LogP) is -0.401. The van der Waals surface area contributed by atoms with E-state index in [2.05, 4.69) is 4.84 Å². The number of carbonyl (C=O) groups excluding carboxylic acids is 2. The van der Waals surface area contributed by atoms with E-state index < -0.39 is 17.6 Å². The van der Waals surface area contributed by atoms with Crippen LogP contribution in [0.5, 0.6) is 0 Å². The Morgan fingerprint density at radius 1 is 1.31 bits per heavy atom. The highest BCUT2D eigenvalue weighted by molar-refractivity contribution is 5.92. The Kier molecular flexibility index (Phi) is 5.94. The minimum absolute atomic E-state index is 0.0666. The van der Waals surface area contributed by atoms with Crippen LogP contribution >= 0.6 is 0 Å². The first kappa shape index (κ1) is 14.8. The zero-order valence-electron chi connectivity index (χ0n) is 9.86. The number of nitrogens with zero attached hydrogens (tertiary/aromatic N) is 1. The molecule has 0 bridgehead atoms. The van der Waals surface area contributed by atoms with Gasteiger partial charge in [-0.25, -0.2) is 15.6 Å². The zero-order chi connectivity index (χ0) is 12.8. The highest BCUT2D eigenvalue weighted by Crippen LogP contribution is 2.09. The van der Waals surface area contributed by atoms with Crippen LogP contribution in [-0.4, -0.2) is 42.2 Å². The van der Waals surface area contributed by atoms with Crippen LogP contribution in [0.15, 0.2) is 0 Å². The van der Waals surface area contributed by atoms with Crippen LogP contribution in [0.1, 0.15) is 20.8 Å². The molecule has 0 aromatic heterocycles. The molecule has 16 heavy (non-hydrogen) atoms. The van der Waals surface area contributed by atoms with Crippen LogP contribution < -0.4 is 11.6 Å². The van der Waals surface area contributed by atoms with Gasteiger partial charge in [0.2, 0.25) is 0 Å². The molecule has 4 N–H and O–H groups in total. The molecule has 0 aliphatic rings. The van der Waals surface area contributed by atoms with Gasteiger partial charge in [0.1, 0.15) is 12.2 Å². The summed E-state index contributed by atoms with van der Waals surface area (Å²) in [4.78, 5) is 28.1. The lowest BCUT2D eigenvalue weighted by molar-refractivity contribution is -0.135. The van der Waals surface area contributed by atoms with Crippen molar-refractivity contribution in [3.63, 3.8) is 0 Å². The summed E-state index contributed by atoms with van der Waals surface area (Å²) >= 11 is 0. The molecule has 0 saturated carbocycles. The molecule has 0 unspecified atom stereocenters. The molecule has 0 aliphatic carbocycles. The van der Waals surface area contributed by atoms with E-state index in [4.69, 9.17) is 16.4 Å². The molecule has 0 fully saturated rings. The maximum absolute atomic E-state index is 11.6. The first-order valence-corrected chi connectivity index (χ1v) is 4.87. The summed E-state index contributed by atoms with van der Waals surface area (Å²) in [7, 11) is 0. The maximum Gasteiger partial charge on any atom is 0.417 e. The Labute approximate surface area is 94.6 Å². The summed E-state index contributed by atoms with van der Waals surface area (Å²) in [6.45, 7) is 4.94. The van der Waals surface area contributed by atoms with Gasteiger partial charge in [-0.1, -0.05) is 0 Å². The van der Waals surface area contributed by atoms with E-state index >= 15 is 0 Å². The minimum Gasteiger partial charge on any atom is -0.443 e. The number of imide groups is 1. The average Bonchev–Trinajstić information content (AvgIpc) is 2.11. The molecule has 0 aliphatic heterocycles. The highest BCUT2D eigenvalue weighted by Gasteiger charge is 2.26. The van der Waals surface area contributed by atoms with E-state index in [0.717, 1.165) is 4.90 Å². The van der Waals surface area contributed by atoms with Crippen molar-refractivity contribution in [3.05, 3.63) is 0 Å². The number of hydrogen-bond acceptors (Lipinski definition) is 6. The van der Waals surface area contributed by atoms with Crippen molar-refractivity contribution in [2.75, 3.05) is 19.7 Å². The second kappa shape index (κ2) is 6.41. The van der Waals surface area contributed by atoms with Crippen molar-refractivity contribution >= 4 is 12.0 Å². The summed E-state index contributed by atoms with van der Waals surface area (Å²) < 4.78 is 5.03. The normalized spacial score (nSPS) is 11.1. The van der Waals surface area contributed by atoms with Gasteiger partial charge in [-0.05, 0) is 20.8 Å². The van der Waals surface area contributed by atoms with Crippen LogP contribution in [0.4, 0.5) is 4.79 Å². The molecular weight excluding hydrogens is 214 g/mol. The van der Waals surface area contributed by atoms with Gasteiger partial charge in [-0.3, -0.25) is 9.63 Å². The first-order valence-electron chi connectivity index (χ1n) is 4.87. The summed E-state index contributed by atoms with van der Waals surface area (Å²) in [6.07, 6.45) is -0.750. The van der Waals surface area contributed by atoms with Crippen LogP contribution in [-0.2, 0) is 14.4 Å². The standard InChI is InChI=1S/C9H19N3O4/c1-9(2,3)16-8(14)12(5-4-10)7(13)6-15-11/h4-6,10-11H2,1-3H3. The Hall–Kier alpha value is -1.18. The zero-order valence-corrected chi connectivity index (χ0v) is 9.86. The van der Waals surface area contributed by atoms with Gasteiger partial charge in [-0.2, -0.15) is 0 Å². The third kappa shape index (κ3) is 5.64. The average molecular weight is 233 g/mol. The molecule has 2 amide bonds. The summed E-state index contributed by atoms with van der Waals surface area (Å²) in [5, 5.41) is 0. The summed E-state index contributed by atoms with van der Waals surface area (Å²) in [5.41, 5.74) is 4.62. The number of amides is 2. The first-order chi connectivity index (χ1) is 7.31. The number of nitrogens with two attached hydrogens (primary N) is 2. The maximum atomic E-state index is 11.6. The van der Waals surface area contributed by atoms with E-state index in [1.54, 1.807) is 20.8 Å². The van der Waals surface area contributed by atoms with Crippen LogP contribution in [0, 0.1) is 0 Å². The SMILES string of the molecule is CC(C)(C)OC(=O)N(CCN)C(=O)CON. The molecule has 0 saturated heterocycles. The van der Waals surface area contributed by atoms with E-state index in [1.165, 1.54) is 0 Å². The van der Waals surface area contributed by atoms with E-state index in [-0.39, 0.29) is 19.7 Å². The monoisotopic (exact) mass is 233 g/mol. The van der Waals surface area contributed by atoms with Crippen molar-refractivity contribution in [2.24, 2.45) is 11.6 Å². The lowest BCUT2D eigenvalue weighted by Gasteiger charge is -2.25. The molecule has 0 spiro atoms. The largest absolute Gasteiger partial charge is 0.443 e. The van der Waals surface area contributed by atoms with Gasteiger partial charge in [-0.15, -0.1) is 0 Å². The molecule has 0 aromatic carbocycles. The quantitative estimate of drug-likeness (QED) is 0.639. The summed E-state index contributed by atoms with van der Waals surface area (Å²) in [5.74, 6) is 4.18. The van der Waals surface area contributed by atoms with Crippen LogP contribution in [0.2, 0.25) is 0 Å². The number of hydrogen-bond donors (Lipinski definition) is 2. The third-order valence-corrected chi connectivity index (χ3v) is 1.47. The fourth-order valence-corrected chi connectivity index (χ4v) is 0.913. The number of ether oxygens (including phenoxy) is 1. The molecule has 94 valence electrons. The van der Waals surface area contributed by atoms with E-state index in [9.17, 15) is 9.59 Å². The topological polar surface area (TPSA) is 108 Å². The van der Waals surface area contributed by atoms with Gasteiger partial charge in [0.25, 0.3) is 5.91 Å². The predicted molar refractivity (Wildman–Crippen MR) is 57.1 cm³/mol. The molecule has 0 heterocycles. The summed E-state index contributed by atoms with van der Waals surface area (Å²) in [6, 6.07) is 0. The molecule has 0 rings (SSSR count). The second-order valence-corrected chi connectivity index (χ2v) is 4.13. The van der Waals surface area contributed by atoms with Gasteiger partial charge in [0.05, 0.1) is 0 Å². The molecule has 0 aromatic rings. The fraction of sp³-hybridized carbons (Fsp3) is 0.778. The van der Waals surface area contributed by atoms with E-state index in [0.29, 0.717) is 0 Å². The lowest BCUT2D eigenvalue weighted by atomic mass is 10.2. The van der Waals surface area contributed by atoms with Crippen molar-refractivity contribution in [3.8, 4) is 0 Å². The number of rotatable bonds is 4. The number of carbonyl (C=O) groups is 2. The molecule has 7 nitrogen and oxygen atoms in total. The van der Waals surface area contributed by atoms with Crippen molar-refractivity contribution in [1.82, 2.24) is 4.90 Å². The minimum atomic E-state index is -0.750. The Morgan fingerprint density at radius 3 is 2.25 bits per heavy atom. The lowest BCUT2D eigenvalue weighted by Crippen LogP contribution is -2.45. The van der Waals surface area contributed by atoms with Gasteiger partial charge < -0.3 is 10.5 Å². The third-order valence-electron chi connectivity index (χ3n) is 1.47. The molecule has 0 radical (unpaired) electrons. The van der Waals surface area contributed by atoms with Crippen LogP contribution in [0.3, 0.4) is 0 Å². The van der Waals surface area contributed by atoms with E-state index in [1.807, 2.05) is 0 Å².